The lowest BCUT2D eigenvalue weighted by Crippen LogP contribution is -1.85. The highest BCUT2D eigenvalue weighted by Crippen LogP contribution is 2.37. The van der Waals surface area contributed by atoms with Crippen LogP contribution in [0.4, 0.5) is 0 Å². The van der Waals surface area contributed by atoms with Crippen LogP contribution in [0.1, 0.15) is 5.56 Å². The first kappa shape index (κ1) is 8.34. The molecule has 1 aromatic carbocycles. The van der Waals surface area contributed by atoms with Crippen molar-refractivity contribution in [1.29, 1.82) is 0 Å². The van der Waals surface area contributed by atoms with Crippen LogP contribution in [-0.2, 0) is 6.61 Å². The summed E-state index contributed by atoms with van der Waals surface area (Å²) in [5.74, 6) is -0.0892. The number of rotatable bonds is 1. The predicted octanol–water partition coefficient (Wildman–Crippen LogP) is 1.80. The Morgan fingerprint density at radius 3 is 2.77 bits per heavy atom. The van der Waals surface area contributed by atoms with Gasteiger partial charge < -0.3 is 15.3 Å². The van der Waals surface area contributed by atoms with E-state index in [1.807, 2.05) is 5.38 Å². The van der Waals surface area contributed by atoms with Crippen LogP contribution in [0.15, 0.2) is 17.5 Å². The summed E-state index contributed by atoms with van der Waals surface area (Å²) in [6.07, 6.45) is 0. The Kier molecular flexibility index (Phi) is 1.86. The van der Waals surface area contributed by atoms with Gasteiger partial charge >= 0.3 is 0 Å². The Balaban J connectivity index is 2.85. The first-order valence-electron chi connectivity index (χ1n) is 3.76. The Bertz CT molecular complexity index is 447. The fourth-order valence-electron chi connectivity index (χ4n) is 1.28. The van der Waals surface area contributed by atoms with E-state index in [9.17, 15) is 10.2 Å². The Morgan fingerprint density at radius 2 is 2.08 bits per heavy atom. The Hall–Kier alpha value is -1.26. The molecule has 0 saturated carbocycles. The lowest BCUT2D eigenvalue weighted by atomic mass is 10.1. The van der Waals surface area contributed by atoms with Crippen molar-refractivity contribution in [2.75, 3.05) is 0 Å². The number of aliphatic hydroxyl groups excluding tert-OH is 1. The van der Waals surface area contributed by atoms with Gasteiger partial charge in [-0.15, -0.1) is 11.3 Å². The summed E-state index contributed by atoms with van der Waals surface area (Å²) in [6.45, 7) is -0.358. The van der Waals surface area contributed by atoms with Crippen LogP contribution in [0.5, 0.6) is 11.5 Å². The summed E-state index contributed by atoms with van der Waals surface area (Å²) in [5, 5.41) is 30.4. The molecule has 0 fully saturated rings. The minimum atomic E-state index is -0.358. The van der Waals surface area contributed by atoms with Crippen LogP contribution in [0.3, 0.4) is 0 Å². The van der Waals surface area contributed by atoms with E-state index in [0.29, 0.717) is 5.39 Å². The third-order valence-electron chi connectivity index (χ3n) is 1.97. The van der Waals surface area contributed by atoms with Crippen molar-refractivity contribution in [2.24, 2.45) is 0 Å². The molecular formula is C9H8O3S. The quantitative estimate of drug-likeness (QED) is 0.651. The molecule has 0 bridgehead atoms. The molecule has 0 saturated heterocycles. The van der Waals surface area contributed by atoms with Crippen molar-refractivity contribution in [3.8, 4) is 11.5 Å². The maximum Gasteiger partial charge on any atom is 0.133 e. The van der Waals surface area contributed by atoms with Crippen LogP contribution < -0.4 is 0 Å². The standard InChI is InChI=1S/C9H8O3S/c10-4-6-7(11)3-8-5(9(6)12)1-2-13-8/h1-3,10-12H,4H2. The van der Waals surface area contributed by atoms with Crippen LogP contribution >= 0.6 is 11.3 Å². The van der Waals surface area contributed by atoms with Gasteiger partial charge in [0, 0.05) is 10.1 Å². The topological polar surface area (TPSA) is 60.7 Å². The second-order valence-corrected chi connectivity index (χ2v) is 3.66. The summed E-state index contributed by atoms with van der Waals surface area (Å²) in [7, 11) is 0. The minimum absolute atomic E-state index is 0.0289. The molecule has 0 aliphatic carbocycles. The number of aliphatic hydroxyl groups is 1. The molecule has 68 valence electrons. The van der Waals surface area contributed by atoms with Crippen LogP contribution in [0, 0.1) is 0 Å². The smallest absolute Gasteiger partial charge is 0.133 e. The summed E-state index contributed by atoms with van der Waals surface area (Å²) >= 11 is 1.43. The summed E-state index contributed by atoms with van der Waals surface area (Å²) in [6, 6.07) is 3.30. The van der Waals surface area contributed by atoms with Gasteiger partial charge in [-0.1, -0.05) is 0 Å². The molecule has 2 aromatic rings. The number of thiophene rings is 1. The zero-order chi connectivity index (χ0) is 9.42. The summed E-state index contributed by atoms with van der Waals surface area (Å²) < 4.78 is 0.812. The highest BCUT2D eigenvalue weighted by Gasteiger charge is 2.11. The molecule has 0 radical (unpaired) electrons. The SMILES string of the molecule is OCc1c(O)cc2sccc2c1O. The lowest BCUT2D eigenvalue weighted by molar-refractivity contribution is 0.269. The first-order valence-corrected chi connectivity index (χ1v) is 4.64. The van der Waals surface area contributed by atoms with Crippen molar-refractivity contribution in [3.63, 3.8) is 0 Å². The van der Waals surface area contributed by atoms with Crippen molar-refractivity contribution in [3.05, 3.63) is 23.1 Å². The number of phenols is 2. The van der Waals surface area contributed by atoms with Gasteiger partial charge in [0.2, 0.25) is 0 Å². The van der Waals surface area contributed by atoms with E-state index in [-0.39, 0.29) is 23.7 Å². The van der Waals surface area contributed by atoms with Crippen LogP contribution in [0.2, 0.25) is 0 Å². The number of hydrogen-bond acceptors (Lipinski definition) is 4. The van der Waals surface area contributed by atoms with Crippen LogP contribution in [-0.4, -0.2) is 15.3 Å². The van der Waals surface area contributed by atoms with E-state index in [1.165, 1.54) is 11.3 Å². The predicted molar refractivity (Wildman–Crippen MR) is 51.1 cm³/mol. The molecular weight excluding hydrogens is 188 g/mol. The molecule has 0 unspecified atom stereocenters. The van der Waals surface area contributed by atoms with Crippen molar-refractivity contribution >= 4 is 21.4 Å². The molecule has 0 amide bonds. The molecule has 0 atom stereocenters. The van der Waals surface area contributed by atoms with Crippen molar-refractivity contribution < 1.29 is 15.3 Å². The molecule has 3 N–H and O–H groups in total. The van der Waals surface area contributed by atoms with Crippen molar-refractivity contribution in [1.82, 2.24) is 0 Å². The van der Waals surface area contributed by atoms with E-state index in [0.717, 1.165) is 4.70 Å². The second kappa shape index (κ2) is 2.90. The summed E-state index contributed by atoms with van der Waals surface area (Å²) in [4.78, 5) is 0. The Labute approximate surface area is 78.5 Å². The largest absolute Gasteiger partial charge is 0.507 e. The zero-order valence-corrected chi connectivity index (χ0v) is 7.51. The molecule has 13 heavy (non-hydrogen) atoms. The third-order valence-corrected chi connectivity index (χ3v) is 2.84. The van der Waals surface area contributed by atoms with E-state index >= 15 is 0 Å². The molecule has 1 aromatic heterocycles. The number of fused-ring (bicyclic) bond motifs is 1. The maximum absolute atomic E-state index is 9.61. The Morgan fingerprint density at radius 1 is 1.31 bits per heavy atom. The van der Waals surface area contributed by atoms with Gasteiger partial charge in [0.15, 0.2) is 0 Å². The van der Waals surface area contributed by atoms with E-state index < -0.39 is 0 Å². The van der Waals surface area contributed by atoms with Gasteiger partial charge in [-0.05, 0) is 17.5 Å². The first-order chi connectivity index (χ1) is 6.24. The number of aromatic hydroxyl groups is 2. The van der Waals surface area contributed by atoms with E-state index in [4.69, 9.17) is 5.11 Å². The average molecular weight is 196 g/mol. The van der Waals surface area contributed by atoms with E-state index in [2.05, 4.69) is 0 Å². The molecule has 4 heteroatoms. The highest BCUT2D eigenvalue weighted by molar-refractivity contribution is 7.17. The highest BCUT2D eigenvalue weighted by atomic mass is 32.1. The van der Waals surface area contributed by atoms with Gasteiger partial charge in [-0.3, -0.25) is 0 Å². The molecule has 3 nitrogen and oxygen atoms in total. The normalized spacial score (nSPS) is 10.8. The summed E-state index contributed by atoms with van der Waals surface area (Å²) in [5.41, 5.74) is 0.186. The van der Waals surface area contributed by atoms with Gasteiger partial charge in [0.05, 0.1) is 12.2 Å². The minimum Gasteiger partial charge on any atom is -0.507 e. The molecule has 0 aliphatic heterocycles. The monoisotopic (exact) mass is 196 g/mol. The van der Waals surface area contributed by atoms with Gasteiger partial charge in [0.1, 0.15) is 11.5 Å². The number of hydrogen-bond donors (Lipinski definition) is 3. The van der Waals surface area contributed by atoms with E-state index in [1.54, 1.807) is 12.1 Å². The third kappa shape index (κ3) is 1.15. The zero-order valence-electron chi connectivity index (χ0n) is 6.69. The molecule has 2 rings (SSSR count). The fraction of sp³-hybridized carbons (Fsp3) is 0.111. The molecule has 1 heterocycles. The fourth-order valence-corrected chi connectivity index (χ4v) is 2.10. The lowest BCUT2D eigenvalue weighted by Gasteiger charge is -2.04. The maximum atomic E-state index is 9.61. The molecule has 0 spiro atoms. The number of benzene rings is 1. The molecule has 0 aliphatic rings. The van der Waals surface area contributed by atoms with Crippen LogP contribution in [0.25, 0.3) is 10.1 Å². The van der Waals surface area contributed by atoms with Gasteiger partial charge in [0.25, 0.3) is 0 Å². The second-order valence-electron chi connectivity index (χ2n) is 2.71. The van der Waals surface area contributed by atoms with Crippen molar-refractivity contribution in [2.45, 2.75) is 6.61 Å². The average Bonchev–Trinajstić information content (AvgIpc) is 2.53. The van der Waals surface area contributed by atoms with Gasteiger partial charge in [-0.25, -0.2) is 0 Å². The van der Waals surface area contributed by atoms with Gasteiger partial charge in [-0.2, -0.15) is 0 Å².